The Morgan fingerprint density at radius 1 is 0.378 bits per heavy atom. The molecule has 0 aromatic rings. The lowest BCUT2D eigenvalue weighted by Gasteiger charge is -2.09. The van der Waals surface area contributed by atoms with Crippen molar-refractivity contribution in [2.45, 2.75) is 6.92 Å². The summed E-state index contributed by atoms with van der Waals surface area (Å²) >= 11 is 0. The van der Waals surface area contributed by atoms with Gasteiger partial charge in [0.25, 0.3) is 0 Å². The fourth-order valence-corrected chi connectivity index (χ4v) is 2.90. The molecule has 15 nitrogen and oxygen atoms in total. The van der Waals surface area contributed by atoms with Crippen LogP contribution in [0.25, 0.3) is 0 Å². The highest BCUT2D eigenvalue weighted by Gasteiger charge is 2.02. The van der Waals surface area contributed by atoms with Gasteiger partial charge in [-0.2, -0.15) is 0 Å². The molecule has 268 valence electrons. The Morgan fingerprint density at radius 3 is 0.733 bits per heavy atom. The normalized spacial score (nSPS) is 11.3. The molecule has 15 heteroatoms. The second-order valence-corrected chi connectivity index (χ2v) is 8.99. The van der Waals surface area contributed by atoms with Crippen molar-refractivity contribution in [3.05, 3.63) is 12.2 Å². The van der Waals surface area contributed by atoms with E-state index in [0.717, 1.165) is 0 Å². The second-order valence-electron chi connectivity index (χ2n) is 8.99. The third-order valence-electron chi connectivity index (χ3n) is 5.14. The molecule has 0 saturated heterocycles. The first-order valence-electron chi connectivity index (χ1n) is 15.5. The number of aliphatic hydroxyl groups excluding tert-OH is 1. The van der Waals surface area contributed by atoms with Crippen LogP contribution in [-0.4, -0.2) is 183 Å². The van der Waals surface area contributed by atoms with Gasteiger partial charge in [0.05, 0.1) is 165 Å². The zero-order valence-corrected chi connectivity index (χ0v) is 27.3. The molecule has 1 N–H and O–H groups in total. The van der Waals surface area contributed by atoms with E-state index in [1.807, 2.05) is 0 Å². The molecule has 0 aliphatic carbocycles. The van der Waals surface area contributed by atoms with Gasteiger partial charge in [0.2, 0.25) is 0 Å². The Morgan fingerprint density at radius 2 is 0.556 bits per heavy atom. The molecular weight excluding hydrogens is 600 g/mol. The van der Waals surface area contributed by atoms with Gasteiger partial charge in [-0.15, -0.1) is 0 Å². The molecule has 0 bridgehead atoms. The topological polar surface area (TPSA) is 157 Å². The number of carbonyl (C=O) groups excluding carboxylic acids is 1. The standard InChI is InChI=1S/C30H58O15/c1-29(2)30(32)45-28-27-44-26-25-43-24-23-42-22-21-41-20-19-40-18-17-39-16-15-38-14-13-37-12-11-36-10-9-35-8-7-34-6-5-33-4-3-31/h31H,1,3-28H2,2H3. The fourth-order valence-electron chi connectivity index (χ4n) is 2.90. The molecule has 0 radical (unpaired) electrons. The summed E-state index contributed by atoms with van der Waals surface area (Å²) < 4.78 is 69.5. The second kappa shape index (κ2) is 38.9. The molecule has 0 fully saturated rings. The first-order chi connectivity index (χ1) is 22.2. The van der Waals surface area contributed by atoms with Crippen LogP contribution in [0.5, 0.6) is 0 Å². The summed E-state index contributed by atoms with van der Waals surface area (Å²) in [6.07, 6.45) is 0. The monoisotopic (exact) mass is 658 g/mol. The van der Waals surface area contributed by atoms with Gasteiger partial charge in [-0.05, 0) is 6.92 Å². The van der Waals surface area contributed by atoms with Crippen molar-refractivity contribution in [2.75, 3.05) is 172 Å². The summed E-state index contributed by atoms with van der Waals surface area (Å²) in [5.41, 5.74) is 0.368. The van der Waals surface area contributed by atoms with Gasteiger partial charge < -0.3 is 66.7 Å². The van der Waals surface area contributed by atoms with Crippen LogP contribution in [-0.2, 0) is 66.4 Å². The smallest absolute Gasteiger partial charge is 0.333 e. The maximum absolute atomic E-state index is 11.2. The maximum Gasteiger partial charge on any atom is 0.333 e. The lowest BCUT2D eigenvalue weighted by molar-refractivity contribution is -0.140. The van der Waals surface area contributed by atoms with Gasteiger partial charge in [0.1, 0.15) is 6.61 Å². The molecule has 0 heterocycles. The molecule has 0 aliphatic heterocycles. The van der Waals surface area contributed by atoms with E-state index in [4.69, 9.17) is 66.7 Å². The largest absolute Gasteiger partial charge is 0.460 e. The van der Waals surface area contributed by atoms with Gasteiger partial charge >= 0.3 is 5.97 Å². The van der Waals surface area contributed by atoms with Crippen LogP contribution in [0.15, 0.2) is 12.2 Å². The van der Waals surface area contributed by atoms with Crippen LogP contribution in [0.1, 0.15) is 6.92 Å². The molecule has 0 aromatic heterocycles. The van der Waals surface area contributed by atoms with Crippen molar-refractivity contribution in [1.82, 2.24) is 0 Å². The average molecular weight is 659 g/mol. The number of rotatable bonds is 39. The third kappa shape index (κ3) is 38.8. The molecule has 0 saturated carbocycles. The van der Waals surface area contributed by atoms with Crippen molar-refractivity contribution < 1.29 is 71.5 Å². The highest BCUT2D eigenvalue weighted by atomic mass is 16.6. The van der Waals surface area contributed by atoms with Gasteiger partial charge in [0, 0.05) is 5.57 Å². The number of carbonyl (C=O) groups is 1. The zero-order valence-electron chi connectivity index (χ0n) is 27.3. The van der Waals surface area contributed by atoms with Crippen molar-refractivity contribution in [2.24, 2.45) is 0 Å². The van der Waals surface area contributed by atoms with E-state index in [1.54, 1.807) is 6.92 Å². The van der Waals surface area contributed by atoms with Crippen LogP contribution in [0.4, 0.5) is 0 Å². The minimum atomic E-state index is -0.415. The molecule has 0 amide bonds. The highest BCUT2D eigenvalue weighted by Crippen LogP contribution is 1.92. The summed E-state index contributed by atoms with van der Waals surface area (Å²) in [6, 6.07) is 0. The Labute approximate surface area is 268 Å². The van der Waals surface area contributed by atoms with Crippen molar-refractivity contribution >= 4 is 5.97 Å². The Balaban J connectivity index is 3.06. The number of ether oxygens (including phenoxy) is 13. The first kappa shape index (κ1) is 43.7. The highest BCUT2D eigenvalue weighted by molar-refractivity contribution is 5.86. The number of hydrogen-bond acceptors (Lipinski definition) is 15. The van der Waals surface area contributed by atoms with Crippen LogP contribution in [0.3, 0.4) is 0 Å². The predicted octanol–water partition coefficient (Wildman–Crippen LogP) is 0.297. The minimum absolute atomic E-state index is 0.0213. The third-order valence-corrected chi connectivity index (χ3v) is 5.14. The minimum Gasteiger partial charge on any atom is -0.460 e. The molecule has 0 spiro atoms. The van der Waals surface area contributed by atoms with Crippen LogP contribution in [0, 0.1) is 0 Å². The van der Waals surface area contributed by atoms with E-state index in [9.17, 15) is 4.79 Å². The summed E-state index contributed by atoms with van der Waals surface area (Å²) in [4.78, 5) is 11.2. The molecule has 0 atom stereocenters. The molecule has 45 heavy (non-hydrogen) atoms. The van der Waals surface area contributed by atoms with Crippen molar-refractivity contribution in [1.29, 1.82) is 0 Å². The van der Waals surface area contributed by atoms with Gasteiger partial charge in [-0.1, -0.05) is 6.58 Å². The van der Waals surface area contributed by atoms with Gasteiger partial charge in [-0.25, -0.2) is 4.79 Å². The number of aliphatic hydroxyl groups is 1. The first-order valence-corrected chi connectivity index (χ1v) is 15.5. The Kier molecular flexibility index (Phi) is 37.7. The molecule has 0 rings (SSSR count). The van der Waals surface area contributed by atoms with E-state index in [-0.39, 0.29) is 13.2 Å². The number of hydrogen-bond donors (Lipinski definition) is 1. The van der Waals surface area contributed by atoms with E-state index >= 15 is 0 Å². The summed E-state index contributed by atoms with van der Waals surface area (Å²) in [7, 11) is 0. The van der Waals surface area contributed by atoms with Gasteiger partial charge in [0.15, 0.2) is 0 Å². The molecule has 0 aliphatic rings. The zero-order chi connectivity index (χ0) is 32.7. The Hall–Kier alpha value is -1.31. The Bertz CT molecular complexity index is 612. The molecule has 0 aromatic carbocycles. The predicted molar refractivity (Wildman–Crippen MR) is 163 cm³/mol. The molecule has 0 unspecified atom stereocenters. The summed E-state index contributed by atoms with van der Waals surface area (Å²) in [5, 5.41) is 8.57. The lowest BCUT2D eigenvalue weighted by atomic mass is 10.4. The van der Waals surface area contributed by atoms with Crippen LogP contribution < -0.4 is 0 Å². The molecular formula is C30H58O15. The summed E-state index contributed by atoms with van der Waals surface area (Å²) in [5.74, 6) is -0.415. The van der Waals surface area contributed by atoms with Crippen LogP contribution in [0.2, 0.25) is 0 Å². The fraction of sp³-hybridized carbons (Fsp3) is 0.900. The maximum atomic E-state index is 11.2. The van der Waals surface area contributed by atoms with Crippen molar-refractivity contribution in [3.63, 3.8) is 0 Å². The van der Waals surface area contributed by atoms with E-state index in [0.29, 0.717) is 164 Å². The number of esters is 1. The summed E-state index contributed by atoms with van der Waals surface area (Å²) in [6.45, 7) is 16.6. The van der Waals surface area contributed by atoms with E-state index in [2.05, 4.69) is 6.58 Å². The quantitative estimate of drug-likeness (QED) is 0.0546. The van der Waals surface area contributed by atoms with Gasteiger partial charge in [-0.3, -0.25) is 0 Å². The van der Waals surface area contributed by atoms with Crippen molar-refractivity contribution in [3.8, 4) is 0 Å². The van der Waals surface area contributed by atoms with E-state index < -0.39 is 5.97 Å². The average Bonchev–Trinajstić information content (AvgIpc) is 3.04. The van der Waals surface area contributed by atoms with Crippen LogP contribution >= 0.6 is 0 Å². The van der Waals surface area contributed by atoms with E-state index in [1.165, 1.54) is 0 Å². The lowest BCUT2D eigenvalue weighted by Crippen LogP contribution is -2.16. The SMILES string of the molecule is C=C(C)C(=O)OCCOCCOCCOCCOCCOCCOCCOCCOCCOCCOCCOCCOCCO.